The molecule has 2 aromatic carbocycles. The van der Waals surface area contributed by atoms with Gasteiger partial charge in [0.1, 0.15) is 5.75 Å². The molecule has 1 amide bonds. The molecular formula is C19H21N3O6S. The lowest BCUT2D eigenvalue weighted by molar-refractivity contribution is -0.384. The Morgan fingerprint density at radius 1 is 1.10 bits per heavy atom. The Hall–Kier alpha value is -2.98. The fourth-order valence-electron chi connectivity index (χ4n) is 3.03. The maximum absolute atomic E-state index is 12.5. The molecule has 0 aromatic heterocycles. The molecule has 0 radical (unpaired) electrons. The van der Waals surface area contributed by atoms with Crippen LogP contribution in [0.3, 0.4) is 0 Å². The number of rotatable bonds is 7. The largest absolute Gasteiger partial charge is 0.484 e. The van der Waals surface area contributed by atoms with Gasteiger partial charge in [-0.25, -0.2) is 13.1 Å². The molecule has 29 heavy (non-hydrogen) atoms. The first kappa shape index (κ1) is 20.7. The summed E-state index contributed by atoms with van der Waals surface area (Å²) in [7, 11) is -3.79. The number of benzene rings is 2. The molecule has 2 aromatic rings. The maximum Gasteiger partial charge on any atom is 0.269 e. The van der Waals surface area contributed by atoms with Crippen LogP contribution in [0.5, 0.6) is 5.75 Å². The molecule has 9 nitrogen and oxygen atoms in total. The molecule has 1 aliphatic heterocycles. The molecule has 154 valence electrons. The van der Waals surface area contributed by atoms with E-state index < -0.39 is 14.9 Å². The summed E-state index contributed by atoms with van der Waals surface area (Å²) in [6, 6.07) is 13.5. The topological polar surface area (TPSA) is 119 Å². The van der Waals surface area contributed by atoms with Gasteiger partial charge in [-0.2, -0.15) is 0 Å². The van der Waals surface area contributed by atoms with Crippen molar-refractivity contribution in [2.24, 2.45) is 0 Å². The van der Waals surface area contributed by atoms with Crippen LogP contribution in [-0.2, 0) is 14.8 Å². The molecule has 1 fully saturated rings. The molecule has 1 aliphatic rings. The lowest BCUT2D eigenvalue weighted by Gasteiger charge is -2.32. The van der Waals surface area contributed by atoms with Crippen molar-refractivity contribution >= 4 is 21.6 Å². The number of carbonyl (C=O) groups is 1. The van der Waals surface area contributed by atoms with Crippen molar-refractivity contribution in [3.05, 3.63) is 64.7 Å². The highest BCUT2D eigenvalue weighted by atomic mass is 32.2. The number of ether oxygens (including phenoxy) is 1. The summed E-state index contributed by atoms with van der Waals surface area (Å²) in [4.78, 5) is 24.0. The van der Waals surface area contributed by atoms with E-state index in [2.05, 4.69) is 4.72 Å². The Morgan fingerprint density at radius 3 is 2.31 bits per heavy atom. The highest BCUT2D eigenvalue weighted by Gasteiger charge is 2.27. The number of likely N-dealkylation sites (tertiary alicyclic amines) is 1. The first-order valence-electron chi connectivity index (χ1n) is 9.07. The van der Waals surface area contributed by atoms with Gasteiger partial charge >= 0.3 is 0 Å². The van der Waals surface area contributed by atoms with Crippen LogP contribution in [0.1, 0.15) is 12.8 Å². The Kier molecular flexibility index (Phi) is 6.45. The van der Waals surface area contributed by atoms with Crippen LogP contribution in [0.4, 0.5) is 5.69 Å². The average molecular weight is 419 g/mol. The van der Waals surface area contributed by atoms with Gasteiger partial charge in [-0.3, -0.25) is 14.9 Å². The number of nitrogens with zero attached hydrogens (tertiary/aromatic N) is 2. The third kappa shape index (κ3) is 5.52. The first-order chi connectivity index (χ1) is 13.8. The molecule has 3 rings (SSSR count). The number of carbonyl (C=O) groups excluding carboxylic acids is 1. The second-order valence-electron chi connectivity index (χ2n) is 6.63. The minimum Gasteiger partial charge on any atom is -0.484 e. The minimum atomic E-state index is -3.79. The molecule has 0 saturated carbocycles. The molecular weight excluding hydrogens is 398 g/mol. The van der Waals surface area contributed by atoms with E-state index in [4.69, 9.17) is 4.74 Å². The van der Waals surface area contributed by atoms with Gasteiger partial charge in [0.05, 0.1) is 9.82 Å². The minimum absolute atomic E-state index is 0.0298. The number of hydrogen-bond donors (Lipinski definition) is 1. The summed E-state index contributed by atoms with van der Waals surface area (Å²) in [5.41, 5.74) is -0.173. The quantitative estimate of drug-likeness (QED) is 0.541. The van der Waals surface area contributed by atoms with Crippen LogP contribution >= 0.6 is 0 Å². The van der Waals surface area contributed by atoms with Gasteiger partial charge in [0.25, 0.3) is 11.6 Å². The fraction of sp³-hybridized carbons (Fsp3) is 0.316. The molecule has 0 bridgehead atoms. The Morgan fingerprint density at radius 2 is 1.72 bits per heavy atom. The SMILES string of the molecule is O=C(COc1ccccc1)N1CCC(NS(=O)(=O)c2ccc([N+](=O)[O-])cc2)CC1. The number of non-ortho nitro benzene ring substituents is 1. The van der Waals surface area contributed by atoms with Gasteiger partial charge in [-0.05, 0) is 37.1 Å². The van der Waals surface area contributed by atoms with E-state index in [-0.39, 0.29) is 29.1 Å². The van der Waals surface area contributed by atoms with Gasteiger partial charge < -0.3 is 9.64 Å². The highest BCUT2D eigenvalue weighted by Crippen LogP contribution is 2.18. The number of nitro groups is 1. The molecule has 0 spiro atoms. The maximum atomic E-state index is 12.5. The normalized spacial score (nSPS) is 15.1. The van der Waals surface area contributed by atoms with E-state index >= 15 is 0 Å². The predicted molar refractivity (Wildman–Crippen MR) is 105 cm³/mol. The second kappa shape index (κ2) is 9.01. The fourth-order valence-corrected chi connectivity index (χ4v) is 4.34. The lowest BCUT2D eigenvalue weighted by atomic mass is 10.1. The molecule has 1 N–H and O–H groups in total. The third-order valence-corrected chi connectivity index (χ3v) is 6.17. The van der Waals surface area contributed by atoms with Crippen LogP contribution in [0, 0.1) is 10.1 Å². The van der Waals surface area contributed by atoms with Crippen LogP contribution in [0.2, 0.25) is 0 Å². The lowest BCUT2D eigenvalue weighted by Crippen LogP contribution is -2.47. The van der Waals surface area contributed by atoms with Crippen LogP contribution < -0.4 is 9.46 Å². The van der Waals surface area contributed by atoms with E-state index in [0.717, 1.165) is 12.1 Å². The molecule has 0 unspecified atom stereocenters. The summed E-state index contributed by atoms with van der Waals surface area (Å²) < 4.78 is 33.0. The summed E-state index contributed by atoms with van der Waals surface area (Å²) in [6.45, 7) is 0.776. The molecule has 10 heteroatoms. The standard InChI is InChI=1S/C19H21N3O6S/c23-19(14-28-17-4-2-1-3-5-17)21-12-10-15(11-13-21)20-29(26,27)18-8-6-16(7-9-18)22(24)25/h1-9,15,20H,10-14H2. The van der Waals surface area contributed by atoms with Crippen molar-refractivity contribution in [2.45, 2.75) is 23.8 Å². The van der Waals surface area contributed by atoms with E-state index in [1.165, 1.54) is 12.1 Å². The smallest absolute Gasteiger partial charge is 0.269 e. The predicted octanol–water partition coefficient (Wildman–Crippen LogP) is 1.94. The number of piperidine rings is 1. The summed E-state index contributed by atoms with van der Waals surface area (Å²) in [5.74, 6) is 0.470. The van der Waals surface area contributed by atoms with Gasteiger partial charge in [-0.1, -0.05) is 18.2 Å². The van der Waals surface area contributed by atoms with Crippen molar-refractivity contribution in [2.75, 3.05) is 19.7 Å². The van der Waals surface area contributed by atoms with Gasteiger partial charge in [0, 0.05) is 31.3 Å². The van der Waals surface area contributed by atoms with Crippen molar-refractivity contribution in [1.82, 2.24) is 9.62 Å². The summed E-state index contributed by atoms with van der Waals surface area (Å²) >= 11 is 0. The van der Waals surface area contributed by atoms with E-state index in [0.29, 0.717) is 31.7 Å². The van der Waals surface area contributed by atoms with Crippen LogP contribution in [-0.4, -0.2) is 49.9 Å². The van der Waals surface area contributed by atoms with Gasteiger partial charge in [0.2, 0.25) is 10.0 Å². The number of nitro benzene ring substituents is 1. The van der Waals surface area contributed by atoms with E-state index in [1.807, 2.05) is 18.2 Å². The molecule has 0 atom stereocenters. The van der Waals surface area contributed by atoms with Gasteiger partial charge in [-0.15, -0.1) is 0 Å². The van der Waals surface area contributed by atoms with E-state index in [1.54, 1.807) is 17.0 Å². The number of amides is 1. The van der Waals surface area contributed by atoms with Crippen LogP contribution in [0.15, 0.2) is 59.5 Å². The zero-order chi connectivity index (χ0) is 20.9. The molecule has 1 heterocycles. The zero-order valence-electron chi connectivity index (χ0n) is 15.6. The molecule has 1 saturated heterocycles. The van der Waals surface area contributed by atoms with Crippen molar-refractivity contribution in [1.29, 1.82) is 0 Å². The second-order valence-corrected chi connectivity index (χ2v) is 8.34. The van der Waals surface area contributed by atoms with Crippen molar-refractivity contribution in [3.63, 3.8) is 0 Å². The van der Waals surface area contributed by atoms with Gasteiger partial charge in [0.15, 0.2) is 6.61 Å². The van der Waals surface area contributed by atoms with E-state index in [9.17, 15) is 23.3 Å². The zero-order valence-corrected chi connectivity index (χ0v) is 16.4. The third-order valence-electron chi connectivity index (χ3n) is 4.63. The average Bonchev–Trinajstić information content (AvgIpc) is 2.73. The number of para-hydroxylation sites is 1. The van der Waals surface area contributed by atoms with Crippen molar-refractivity contribution < 1.29 is 22.9 Å². The first-order valence-corrected chi connectivity index (χ1v) is 10.6. The Balaban J connectivity index is 1.49. The number of hydrogen-bond acceptors (Lipinski definition) is 6. The number of sulfonamides is 1. The summed E-state index contributed by atoms with van der Waals surface area (Å²) in [6.07, 6.45) is 0.951. The summed E-state index contributed by atoms with van der Waals surface area (Å²) in [5, 5.41) is 10.7. The Labute approximate surface area is 168 Å². The molecule has 0 aliphatic carbocycles. The monoisotopic (exact) mass is 419 g/mol. The number of nitrogens with one attached hydrogen (secondary N) is 1. The van der Waals surface area contributed by atoms with Crippen LogP contribution in [0.25, 0.3) is 0 Å². The highest BCUT2D eigenvalue weighted by molar-refractivity contribution is 7.89. The Bertz CT molecular complexity index is 955. The van der Waals surface area contributed by atoms with Crippen molar-refractivity contribution in [3.8, 4) is 5.75 Å².